The second kappa shape index (κ2) is 5.37. The molecule has 3 rings (SSSR count). The van der Waals surface area contributed by atoms with E-state index >= 15 is 0 Å². The zero-order valence-corrected chi connectivity index (χ0v) is 12.9. The molecular weight excluding hydrogens is 286 g/mol. The lowest BCUT2D eigenvalue weighted by Gasteiger charge is -2.08. The molecule has 3 aromatic rings. The van der Waals surface area contributed by atoms with E-state index in [4.69, 9.17) is 4.52 Å². The Balaban J connectivity index is 1.98. The van der Waals surface area contributed by atoms with Crippen molar-refractivity contribution >= 4 is 22.7 Å². The van der Waals surface area contributed by atoms with Crippen molar-refractivity contribution in [2.24, 2.45) is 7.05 Å². The molecular formula is C15H15N3O2S. The molecule has 0 saturated heterocycles. The molecule has 2 heterocycles. The number of aryl methyl sites for hydroxylation is 2. The van der Waals surface area contributed by atoms with Crippen LogP contribution in [0.2, 0.25) is 0 Å². The molecule has 0 radical (unpaired) electrons. The molecule has 0 aliphatic heterocycles. The van der Waals surface area contributed by atoms with Crippen molar-refractivity contribution in [2.75, 3.05) is 0 Å². The predicted octanol–water partition coefficient (Wildman–Crippen LogP) is 2.83. The Labute approximate surface area is 126 Å². The summed E-state index contributed by atoms with van der Waals surface area (Å²) in [5.74, 6) is 1.49. The van der Waals surface area contributed by atoms with Crippen LogP contribution in [0.4, 0.5) is 0 Å². The maximum absolute atomic E-state index is 12.3. The third kappa shape index (κ3) is 2.47. The molecule has 0 fully saturated rings. The number of nitrogens with zero attached hydrogens (tertiary/aromatic N) is 3. The smallest absolute Gasteiger partial charge is 0.261 e. The Bertz CT molecular complexity index is 847. The predicted molar refractivity (Wildman–Crippen MR) is 82.5 cm³/mol. The Morgan fingerprint density at radius 3 is 2.76 bits per heavy atom. The van der Waals surface area contributed by atoms with Crippen LogP contribution in [0.5, 0.6) is 0 Å². The Morgan fingerprint density at radius 1 is 1.29 bits per heavy atom. The summed E-state index contributed by atoms with van der Waals surface area (Å²) in [6.45, 7) is 3.81. The van der Waals surface area contributed by atoms with Gasteiger partial charge in [0.15, 0.2) is 5.16 Å². The third-order valence-corrected chi connectivity index (χ3v) is 4.53. The zero-order chi connectivity index (χ0) is 15.0. The molecule has 0 unspecified atom stereocenters. The molecule has 0 aliphatic rings. The fraction of sp³-hybridized carbons (Fsp3) is 0.267. The van der Waals surface area contributed by atoms with Crippen molar-refractivity contribution in [2.45, 2.75) is 24.8 Å². The minimum Gasteiger partial charge on any atom is -0.361 e. The second-order valence-electron chi connectivity index (χ2n) is 4.87. The Morgan fingerprint density at radius 2 is 2.05 bits per heavy atom. The van der Waals surface area contributed by atoms with Gasteiger partial charge in [-0.05, 0) is 26.0 Å². The van der Waals surface area contributed by atoms with E-state index in [1.54, 1.807) is 17.7 Å². The lowest BCUT2D eigenvalue weighted by Crippen LogP contribution is -2.19. The summed E-state index contributed by atoms with van der Waals surface area (Å²) in [7, 11) is 1.75. The van der Waals surface area contributed by atoms with Crippen LogP contribution in [0.3, 0.4) is 0 Å². The molecule has 21 heavy (non-hydrogen) atoms. The van der Waals surface area contributed by atoms with Crippen molar-refractivity contribution in [3.05, 3.63) is 51.6 Å². The fourth-order valence-electron chi connectivity index (χ4n) is 2.17. The third-order valence-electron chi connectivity index (χ3n) is 3.47. The first-order valence-corrected chi connectivity index (χ1v) is 7.57. The minimum atomic E-state index is -0.0261. The molecule has 0 saturated carbocycles. The number of hydrogen-bond acceptors (Lipinski definition) is 5. The highest BCUT2D eigenvalue weighted by Gasteiger charge is 2.12. The molecule has 0 aliphatic carbocycles. The molecule has 1 aromatic carbocycles. The molecule has 0 amide bonds. The number of hydrogen-bond donors (Lipinski definition) is 0. The van der Waals surface area contributed by atoms with E-state index in [1.165, 1.54) is 11.8 Å². The molecule has 0 N–H and O–H groups in total. The van der Waals surface area contributed by atoms with E-state index in [1.807, 2.05) is 32.0 Å². The monoisotopic (exact) mass is 301 g/mol. The SMILES string of the molecule is Cc1noc(C)c1CSc1nc2ccccc2c(=O)n1C. The molecule has 0 spiro atoms. The normalized spacial score (nSPS) is 11.2. The second-order valence-corrected chi connectivity index (χ2v) is 5.81. The zero-order valence-electron chi connectivity index (χ0n) is 12.1. The van der Waals surface area contributed by atoms with E-state index in [9.17, 15) is 4.79 Å². The maximum atomic E-state index is 12.3. The fourth-order valence-corrected chi connectivity index (χ4v) is 3.30. The number of aromatic nitrogens is 3. The van der Waals surface area contributed by atoms with Gasteiger partial charge < -0.3 is 4.52 Å². The lowest BCUT2D eigenvalue weighted by molar-refractivity contribution is 0.392. The van der Waals surface area contributed by atoms with Gasteiger partial charge in [-0.2, -0.15) is 0 Å². The number of benzene rings is 1. The molecule has 108 valence electrons. The van der Waals surface area contributed by atoms with E-state index in [-0.39, 0.29) is 5.56 Å². The lowest BCUT2D eigenvalue weighted by atomic mass is 10.2. The summed E-state index contributed by atoms with van der Waals surface area (Å²) in [6, 6.07) is 7.39. The largest absolute Gasteiger partial charge is 0.361 e. The van der Waals surface area contributed by atoms with E-state index < -0.39 is 0 Å². The van der Waals surface area contributed by atoms with Crippen LogP contribution >= 0.6 is 11.8 Å². The van der Waals surface area contributed by atoms with Gasteiger partial charge in [-0.25, -0.2) is 4.98 Å². The van der Waals surface area contributed by atoms with Crippen LogP contribution in [0.25, 0.3) is 10.9 Å². The summed E-state index contributed by atoms with van der Waals surface area (Å²) < 4.78 is 6.74. The van der Waals surface area contributed by atoms with Crippen LogP contribution in [-0.4, -0.2) is 14.7 Å². The number of fused-ring (bicyclic) bond motifs is 1. The van der Waals surface area contributed by atoms with Crippen molar-refractivity contribution < 1.29 is 4.52 Å². The highest BCUT2D eigenvalue weighted by molar-refractivity contribution is 7.98. The average molecular weight is 301 g/mol. The van der Waals surface area contributed by atoms with Gasteiger partial charge in [-0.1, -0.05) is 29.1 Å². The molecule has 0 atom stereocenters. The van der Waals surface area contributed by atoms with Crippen LogP contribution < -0.4 is 5.56 Å². The number of para-hydroxylation sites is 1. The van der Waals surface area contributed by atoms with E-state index in [0.29, 0.717) is 16.3 Å². The molecule has 6 heteroatoms. The van der Waals surface area contributed by atoms with Crippen molar-refractivity contribution in [3.63, 3.8) is 0 Å². The van der Waals surface area contributed by atoms with Crippen LogP contribution in [-0.2, 0) is 12.8 Å². The van der Waals surface area contributed by atoms with Gasteiger partial charge in [-0.15, -0.1) is 0 Å². The highest BCUT2D eigenvalue weighted by atomic mass is 32.2. The standard InChI is InChI=1S/C15H15N3O2S/c1-9-12(10(2)20-17-9)8-21-15-16-13-7-5-4-6-11(13)14(19)18(15)3/h4-7H,8H2,1-3H3. The van der Waals surface area contributed by atoms with Gasteiger partial charge in [0.25, 0.3) is 5.56 Å². The summed E-state index contributed by atoms with van der Waals surface area (Å²) >= 11 is 1.51. The van der Waals surface area contributed by atoms with Crippen LogP contribution in [0.1, 0.15) is 17.0 Å². The van der Waals surface area contributed by atoms with Gasteiger partial charge >= 0.3 is 0 Å². The van der Waals surface area contributed by atoms with Crippen LogP contribution in [0, 0.1) is 13.8 Å². The number of rotatable bonds is 3. The van der Waals surface area contributed by atoms with Crippen LogP contribution in [0.15, 0.2) is 38.7 Å². The van der Waals surface area contributed by atoms with Crippen molar-refractivity contribution in [3.8, 4) is 0 Å². The highest BCUT2D eigenvalue weighted by Crippen LogP contribution is 2.24. The summed E-state index contributed by atoms with van der Waals surface area (Å²) in [4.78, 5) is 16.9. The average Bonchev–Trinajstić information content (AvgIpc) is 2.80. The Kier molecular flexibility index (Phi) is 3.55. The van der Waals surface area contributed by atoms with Gasteiger partial charge in [0, 0.05) is 18.4 Å². The topological polar surface area (TPSA) is 60.9 Å². The minimum absolute atomic E-state index is 0.0261. The Hall–Kier alpha value is -2.08. The maximum Gasteiger partial charge on any atom is 0.261 e. The van der Waals surface area contributed by atoms with Crippen molar-refractivity contribution in [1.82, 2.24) is 14.7 Å². The van der Waals surface area contributed by atoms with Gasteiger partial charge in [0.2, 0.25) is 0 Å². The summed E-state index contributed by atoms with van der Waals surface area (Å²) in [5, 5.41) is 5.27. The van der Waals surface area contributed by atoms with Gasteiger partial charge in [-0.3, -0.25) is 9.36 Å². The van der Waals surface area contributed by atoms with Crippen molar-refractivity contribution in [1.29, 1.82) is 0 Å². The molecule has 5 nitrogen and oxygen atoms in total. The molecule has 2 aromatic heterocycles. The first-order valence-electron chi connectivity index (χ1n) is 6.58. The quantitative estimate of drug-likeness (QED) is 0.550. The summed E-state index contributed by atoms with van der Waals surface area (Å²) in [5.41, 5.74) is 2.64. The first kappa shape index (κ1) is 13.9. The first-order chi connectivity index (χ1) is 10.1. The van der Waals surface area contributed by atoms with Gasteiger partial charge in [0.1, 0.15) is 5.76 Å². The number of thioether (sulfide) groups is 1. The summed E-state index contributed by atoms with van der Waals surface area (Å²) in [6.07, 6.45) is 0. The van der Waals surface area contributed by atoms with Gasteiger partial charge in [0.05, 0.1) is 16.6 Å². The molecule has 0 bridgehead atoms. The van der Waals surface area contributed by atoms with E-state index in [0.717, 1.165) is 22.5 Å². The van der Waals surface area contributed by atoms with E-state index in [2.05, 4.69) is 10.1 Å².